The number of rotatable bonds is 6. The van der Waals surface area contributed by atoms with Crippen LogP contribution in [-0.2, 0) is 4.79 Å². The smallest absolute Gasteiger partial charge is 0.267 e. The minimum Gasteiger partial charge on any atom is -0.368 e. The van der Waals surface area contributed by atoms with E-state index in [9.17, 15) is 14.0 Å². The van der Waals surface area contributed by atoms with Crippen molar-refractivity contribution in [1.29, 1.82) is 0 Å². The summed E-state index contributed by atoms with van der Waals surface area (Å²) in [5, 5.41) is 0. The van der Waals surface area contributed by atoms with Crippen LogP contribution < -0.4 is 15.4 Å². The zero-order valence-electron chi connectivity index (χ0n) is 20.8. The van der Waals surface area contributed by atoms with Crippen LogP contribution in [0.3, 0.4) is 0 Å². The number of fused-ring (bicyclic) bond motifs is 1. The van der Waals surface area contributed by atoms with Gasteiger partial charge in [-0.1, -0.05) is 43.4 Å². The first-order valence-corrected chi connectivity index (χ1v) is 13.6. The molecule has 10 heteroatoms. The van der Waals surface area contributed by atoms with Crippen molar-refractivity contribution in [2.75, 3.05) is 42.5 Å². The monoisotopic (exact) mass is 537 g/mol. The summed E-state index contributed by atoms with van der Waals surface area (Å²) in [5.74, 6) is 0.143. The quantitative estimate of drug-likeness (QED) is 0.340. The Morgan fingerprint density at radius 1 is 1.08 bits per heavy atom. The number of aromatic nitrogens is 2. The molecule has 192 valence electrons. The van der Waals surface area contributed by atoms with Gasteiger partial charge in [-0.15, -0.1) is 0 Å². The first kappa shape index (κ1) is 25.4. The van der Waals surface area contributed by atoms with E-state index in [1.165, 1.54) is 28.3 Å². The second-order valence-corrected chi connectivity index (χ2v) is 10.9. The summed E-state index contributed by atoms with van der Waals surface area (Å²) >= 11 is 6.70. The van der Waals surface area contributed by atoms with E-state index in [0.29, 0.717) is 59.0 Å². The number of piperazine rings is 1. The topological polar surface area (TPSA) is 61.2 Å². The Kier molecular flexibility index (Phi) is 7.30. The first-order valence-electron chi connectivity index (χ1n) is 12.4. The number of amides is 1. The number of unbranched alkanes of at least 4 members (excludes halogenated alkanes) is 1. The van der Waals surface area contributed by atoms with Crippen molar-refractivity contribution >= 4 is 57.4 Å². The molecule has 1 amide bonds. The van der Waals surface area contributed by atoms with E-state index in [1.54, 1.807) is 29.3 Å². The lowest BCUT2D eigenvalue weighted by atomic mass is 10.2. The third-order valence-electron chi connectivity index (χ3n) is 6.72. The number of pyridine rings is 1. The van der Waals surface area contributed by atoms with Gasteiger partial charge < -0.3 is 9.80 Å². The maximum Gasteiger partial charge on any atom is 0.267 e. The highest BCUT2D eigenvalue weighted by Crippen LogP contribution is 2.34. The molecule has 7 nitrogen and oxygen atoms in total. The zero-order valence-corrected chi connectivity index (χ0v) is 22.4. The van der Waals surface area contributed by atoms with Crippen LogP contribution in [0.25, 0.3) is 11.7 Å². The normalized spacial score (nSPS) is 17.5. The number of thiocarbonyl (C=S) groups is 1. The van der Waals surface area contributed by atoms with Gasteiger partial charge in [-0.2, -0.15) is 0 Å². The minimum absolute atomic E-state index is 0.163. The predicted molar refractivity (Wildman–Crippen MR) is 152 cm³/mol. The average molecular weight is 538 g/mol. The Morgan fingerprint density at radius 2 is 1.78 bits per heavy atom. The Balaban J connectivity index is 1.52. The van der Waals surface area contributed by atoms with E-state index in [0.717, 1.165) is 24.1 Å². The Hall–Kier alpha value is -3.24. The van der Waals surface area contributed by atoms with Gasteiger partial charge in [-0.25, -0.2) is 9.37 Å². The van der Waals surface area contributed by atoms with E-state index in [2.05, 4.69) is 16.7 Å². The molecule has 0 saturated carbocycles. The molecule has 5 rings (SSSR count). The van der Waals surface area contributed by atoms with Gasteiger partial charge in [0.25, 0.3) is 11.5 Å². The molecule has 37 heavy (non-hydrogen) atoms. The van der Waals surface area contributed by atoms with Gasteiger partial charge in [0.1, 0.15) is 21.6 Å². The molecule has 0 N–H and O–H groups in total. The summed E-state index contributed by atoms with van der Waals surface area (Å²) in [6.07, 6.45) is 5.19. The molecule has 2 aliphatic rings. The molecular weight excluding hydrogens is 509 g/mol. The van der Waals surface area contributed by atoms with Crippen molar-refractivity contribution in [3.05, 3.63) is 74.8 Å². The number of nitrogens with zero attached hydrogens (tertiary/aromatic N) is 5. The summed E-state index contributed by atoms with van der Waals surface area (Å²) in [5.41, 5.74) is 2.61. The zero-order chi connectivity index (χ0) is 26.1. The van der Waals surface area contributed by atoms with Gasteiger partial charge in [0, 0.05) is 44.6 Å². The Labute approximate surface area is 224 Å². The highest BCUT2D eigenvalue weighted by atomic mass is 32.2. The van der Waals surface area contributed by atoms with Crippen LogP contribution in [0, 0.1) is 12.7 Å². The number of thioether (sulfide) groups is 1. The lowest BCUT2D eigenvalue weighted by molar-refractivity contribution is -0.122. The molecule has 0 aliphatic carbocycles. The summed E-state index contributed by atoms with van der Waals surface area (Å²) in [4.78, 5) is 38.1. The minimum atomic E-state index is -0.261. The second-order valence-electron chi connectivity index (χ2n) is 9.18. The van der Waals surface area contributed by atoms with Crippen molar-refractivity contribution in [3.63, 3.8) is 0 Å². The van der Waals surface area contributed by atoms with Crippen molar-refractivity contribution in [1.82, 2.24) is 14.3 Å². The van der Waals surface area contributed by atoms with Crippen LogP contribution >= 0.6 is 24.0 Å². The van der Waals surface area contributed by atoms with Crippen molar-refractivity contribution in [2.45, 2.75) is 26.7 Å². The third kappa shape index (κ3) is 5.00. The van der Waals surface area contributed by atoms with E-state index < -0.39 is 0 Å². The van der Waals surface area contributed by atoms with Crippen molar-refractivity contribution < 1.29 is 9.18 Å². The number of benzene rings is 1. The summed E-state index contributed by atoms with van der Waals surface area (Å²) in [7, 11) is 0. The molecule has 1 aromatic carbocycles. The van der Waals surface area contributed by atoms with Gasteiger partial charge in [0.15, 0.2) is 0 Å². The third-order valence-corrected chi connectivity index (χ3v) is 8.10. The van der Waals surface area contributed by atoms with Crippen molar-refractivity contribution in [3.8, 4) is 0 Å². The SMILES string of the molecule is CCCCN1C(=O)/C(=C\c2c(N3CCN(c4ccc(F)cc4)CC3)nc3c(C)cccn3c2=O)SC1=S. The lowest BCUT2D eigenvalue weighted by Gasteiger charge is -2.37. The van der Waals surface area contributed by atoms with Crippen LogP contribution in [0.1, 0.15) is 30.9 Å². The molecule has 2 aromatic heterocycles. The summed E-state index contributed by atoms with van der Waals surface area (Å²) in [6.45, 7) is 7.22. The largest absolute Gasteiger partial charge is 0.368 e. The highest BCUT2D eigenvalue weighted by molar-refractivity contribution is 8.26. The van der Waals surface area contributed by atoms with Crippen LogP contribution in [0.5, 0.6) is 0 Å². The first-order chi connectivity index (χ1) is 17.9. The second kappa shape index (κ2) is 10.6. The van der Waals surface area contributed by atoms with Crippen LogP contribution in [0.15, 0.2) is 52.3 Å². The fourth-order valence-corrected chi connectivity index (χ4v) is 5.93. The van der Waals surface area contributed by atoms with Gasteiger partial charge in [0.05, 0.1) is 10.5 Å². The van der Waals surface area contributed by atoms with Crippen LogP contribution in [0.4, 0.5) is 15.9 Å². The van der Waals surface area contributed by atoms with E-state index in [-0.39, 0.29) is 17.3 Å². The number of hydrogen-bond donors (Lipinski definition) is 0. The molecule has 0 radical (unpaired) electrons. The van der Waals surface area contributed by atoms with Gasteiger partial charge in [0.2, 0.25) is 0 Å². The molecule has 3 aromatic rings. The summed E-state index contributed by atoms with van der Waals surface area (Å²) < 4.78 is 15.4. The Morgan fingerprint density at radius 3 is 2.49 bits per heavy atom. The molecule has 2 fully saturated rings. The van der Waals surface area contributed by atoms with Crippen LogP contribution in [-0.4, -0.2) is 57.2 Å². The predicted octanol–water partition coefficient (Wildman–Crippen LogP) is 4.47. The number of carbonyl (C=O) groups excluding carboxylic acids is 1. The van der Waals surface area contributed by atoms with Gasteiger partial charge >= 0.3 is 0 Å². The maximum atomic E-state index is 13.7. The molecule has 0 bridgehead atoms. The lowest BCUT2D eigenvalue weighted by Crippen LogP contribution is -2.47. The molecule has 0 unspecified atom stereocenters. The van der Waals surface area contributed by atoms with Crippen molar-refractivity contribution in [2.24, 2.45) is 0 Å². The van der Waals surface area contributed by atoms with E-state index >= 15 is 0 Å². The molecule has 2 saturated heterocycles. The number of halogens is 1. The molecular formula is C27H28FN5O2S2. The number of carbonyl (C=O) groups is 1. The number of aryl methyl sites for hydroxylation is 1. The highest BCUT2D eigenvalue weighted by Gasteiger charge is 2.33. The Bertz CT molecular complexity index is 1450. The molecule has 0 atom stereocenters. The van der Waals surface area contributed by atoms with E-state index in [4.69, 9.17) is 17.2 Å². The summed E-state index contributed by atoms with van der Waals surface area (Å²) in [6, 6.07) is 10.2. The number of anilines is 2. The molecule has 2 aliphatic heterocycles. The number of hydrogen-bond acceptors (Lipinski definition) is 7. The fraction of sp³-hybridized carbons (Fsp3) is 0.333. The standard InChI is InChI=1S/C27H28FN5O2S2/c1-3-4-11-33-26(35)22(37-27(33)36)17-21-24(29-23-18(2)6-5-12-32(23)25(21)34)31-15-13-30(14-16-31)20-9-7-19(28)8-10-20/h5-10,12,17H,3-4,11,13-16H2,1-2H3/b22-17+. The van der Waals surface area contributed by atoms with E-state index in [1.807, 2.05) is 19.1 Å². The fourth-order valence-electron chi connectivity index (χ4n) is 4.64. The van der Waals surface area contributed by atoms with Gasteiger partial charge in [-0.3, -0.25) is 18.9 Å². The molecule has 4 heterocycles. The average Bonchev–Trinajstić information content (AvgIpc) is 3.17. The van der Waals surface area contributed by atoms with Gasteiger partial charge in [-0.05, 0) is 55.3 Å². The maximum absolute atomic E-state index is 13.7. The van der Waals surface area contributed by atoms with Crippen LogP contribution in [0.2, 0.25) is 0 Å². The molecule has 0 spiro atoms.